The Balaban J connectivity index is 4.34. The molecule has 0 aromatic rings. The fourth-order valence-corrected chi connectivity index (χ4v) is 0.365. The van der Waals surface area contributed by atoms with Crippen LogP contribution in [0.4, 0.5) is 4.39 Å². The Labute approximate surface area is 63.7 Å². The first-order valence-electron chi connectivity index (χ1n) is 2.86. The standard InChI is InChI=1S/C7H8FNO2/c1-6(2)3-4-7(5-8)9(10)11/h3-5H,1H2,2H3/b4-3-,7-5-. The van der Waals surface area contributed by atoms with Crippen LogP contribution in [0.5, 0.6) is 0 Å². The van der Waals surface area contributed by atoms with Crippen molar-refractivity contribution in [1.29, 1.82) is 0 Å². The second kappa shape index (κ2) is 4.38. The second-order valence-corrected chi connectivity index (χ2v) is 1.97. The van der Waals surface area contributed by atoms with Crippen LogP contribution in [0.1, 0.15) is 6.92 Å². The zero-order valence-corrected chi connectivity index (χ0v) is 6.08. The first kappa shape index (κ1) is 9.55. The van der Waals surface area contributed by atoms with Crippen LogP contribution >= 0.6 is 0 Å². The molecule has 0 rings (SSSR count). The van der Waals surface area contributed by atoms with E-state index in [0.29, 0.717) is 5.57 Å². The van der Waals surface area contributed by atoms with Gasteiger partial charge in [0.1, 0.15) is 0 Å². The van der Waals surface area contributed by atoms with Crippen LogP contribution in [-0.4, -0.2) is 4.92 Å². The average Bonchev–Trinajstić information content (AvgIpc) is 1.87. The summed E-state index contributed by atoms with van der Waals surface area (Å²) in [6.45, 7) is 5.12. The van der Waals surface area contributed by atoms with Gasteiger partial charge in [-0.25, -0.2) is 4.39 Å². The Kier molecular flexibility index (Phi) is 3.80. The lowest BCUT2D eigenvalue weighted by Crippen LogP contribution is -1.93. The minimum atomic E-state index is -0.806. The molecule has 0 aromatic carbocycles. The summed E-state index contributed by atoms with van der Waals surface area (Å²) in [5.41, 5.74) is 0.0548. The number of rotatable bonds is 3. The molecule has 4 heteroatoms. The monoisotopic (exact) mass is 157 g/mol. The molecule has 0 amide bonds. The van der Waals surface area contributed by atoms with Crippen LogP contribution in [-0.2, 0) is 0 Å². The van der Waals surface area contributed by atoms with Crippen molar-refractivity contribution in [3.63, 3.8) is 0 Å². The van der Waals surface area contributed by atoms with Gasteiger partial charge in [0, 0.05) is 6.08 Å². The molecule has 0 atom stereocenters. The summed E-state index contributed by atoms with van der Waals surface area (Å²) in [7, 11) is 0. The van der Waals surface area contributed by atoms with E-state index in [4.69, 9.17) is 0 Å². The van der Waals surface area contributed by atoms with Gasteiger partial charge in [0.15, 0.2) is 6.33 Å². The summed E-state index contributed by atoms with van der Waals surface area (Å²) in [6, 6.07) is 0. The molecule has 0 aliphatic heterocycles. The molecular weight excluding hydrogens is 149 g/mol. The molecule has 0 heterocycles. The van der Waals surface area contributed by atoms with Crippen molar-refractivity contribution >= 4 is 0 Å². The highest BCUT2D eigenvalue weighted by molar-refractivity contribution is 5.19. The van der Waals surface area contributed by atoms with Crippen molar-refractivity contribution in [1.82, 2.24) is 0 Å². The van der Waals surface area contributed by atoms with Gasteiger partial charge < -0.3 is 0 Å². The summed E-state index contributed by atoms with van der Waals surface area (Å²) in [4.78, 5) is 9.15. The van der Waals surface area contributed by atoms with Crippen LogP contribution in [0.15, 0.2) is 36.3 Å². The largest absolute Gasteiger partial charge is 0.297 e. The maximum Gasteiger partial charge on any atom is 0.297 e. The molecule has 60 valence electrons. The summed E-state index contributed by atoms with van der Waals surface area (Å²) >= 11 is 0. The number of nitro groups is 1. The molecule has 0 bridgehead atoms. The molecule has 0 saturated heterocycles. The van der Waals surface area contributed by atoms with E-state index in [2.05, 4.69) is 6.58 Å². The topological polar surface area (TPSA) is 43.1 Å². The highest BCUT2D eigenvalue weighted by Crippen LogP contribution is 2.00. The maximum atomic E-state index is 11.7. The third kappa shape index (κ3) is 4.02. The lowest BCUT2D eigenvalue weighted by Gasteiger charge is -1.86. The van der Waals surface area contributed by atoms with Crippen LogP contribution in [0.2, 0.25) is 0 Å². The minimum absolute atomic E-state index is 0.0561. The zero-order chi connectivity index (χ0) is 8.85. The Morgan fingerprint density at radius 3 is 2.45 bits per heavy atom. The molecule has 0 unspecified atom stereocenters. The van der Waals surface area contributed by atoms with Gasteiger partial charge in [-0.05, 0) is 6.92 Å². The molecule has 0 aliphatic rings. The molecule has 0 saturated carbocycles. The Bertz CT molecular complexity index is 231. The van der Waals surface area contributed by atoms with Crippen LogP contribution in [0.25, 0.3) is 0 Å². The van der Waals surface area contributed by atoms with Crippen molar-refractivity contribution in [2.75, 3.05) is 0 Å². The number of hydrogen-bond acceptors (Lipinski definition) is 2. The van der Waals surface area contributed by atoms with Crippen LogP contribution in [0.3, 0.4) is 0 Å². The van der Waals surface area contributed by atoms with E-state index in [0.717, 1.165) is 6.08 Å². The summed E-state index contributed by atoms with van der Waals surface area (Å²) in [5.74, 6) is 0. The first-order valence-corrected chi connectivity index (χ1v) is 2.86. The van der Waals surface area contributed by atoms with Crippen molar-refractivity contribution in [2.24, 2.45) is 0 Å². The Morgan fingerprint density at radius 1 is 1.64 bits per heavy atom. The minimum Gasteiger partial charge on any atom is -0.258 e. The maximum absolute atomic E-state index is 11.7. The van der Waals surface area contributed by atoms with E-state index in [1.54, 1.807) is 6.92 Å². The highest BCUT2D eigenvalue weighted by Gasteiger charge is 2.03. The molecule has 0 N–H and O–H groups in total. The molecule has 3 nitrogen and oxygen atoms in total. The number of allylic oxidation sites excluding steroid dienone is 3. The van der Waals surface area contributed by atoms with E-state index in [1.807, 2.05) is 0 Å². The van der Waals surface area contributed by atoms with Crippen molar-refractivity contribution in [3.05, 3.63) is 46.4 Å². The van der Waals surface area contributed by atoms with Crippen LogP contribution in [0, 0.1) is 10.1 Å². The first-order chi connectivity index (χ1) is 5.07. The highest BCUT2D eigenvalue weighted by atomic mass is 19.1. The zero-order valence-electron chi connectivity index (χ0n) is 6.08. The van der Waals surface area contributed by atoms with Gasteiger partial charge >= 0.3 is 0 Å². The van der Waals surface area contributed by atoms with Crippen LogP contribution < -0.4 is 0 Å². The van der Waals surface area contributed by atoms with E-state index in [-0.39, 0.29) is 6.33 Å². The van der Waals surface area contributed by atoms with Crippen molar-refractivity contribution in [2.45, 2.75) is 6.92 Å². The molecular formula is C7H8FNO2. The Morgan fingerprint density at radius 2 is 2.18 bits per heavy atom. The van der Waals surface area contributed by atoms with Gasteiger partial charge in [-0.3, -0.25) is 10.1 Å². The number of hydrogen-bond donors (Lipinski definition) is 0. The van der Waals surface area contributed by atoms with Crippen molar-refractivity contribution < 1.29 is 9.31 Å². The molecule has 0 spiro atoms. The van der Waals surface area contributed by atoms with Gasteiger partial charge in [-0.2, -0.15) is 0 Å². The fourth-order valence-electron chi connectivity index (χ4n) is 0.365. The smallest absolute Gasteiger partial charge is 0.258 e. The van der Waals surface area contributed by atoms with Crippen molar-refractivity contribution in [3.8, 4) is 0 Å². The average molecular weight is 157 g/mol. The van der Waals surface area contributed by atoms with Gasteiger partial charge in [0.25, 0.3) is 5.70 Å². The van der Waals surface area contributed by atoms with Gasteiger partial charge in [0.05, 0.1) is 4.92 Å². The Hall–Kier alpha value is -1.45. The molecule has 0 radical (unpaired) electrons. The lowest BCUT2D eigenvalue weighted by atomic mass is 10.3. The molecule has 0 aliphatic carbocycles. The third-order valence-electron chi connectivity index (χ3n) is 0.861. The second-order valence-electron chi connectivity index (χ2n) is 1.97. The predicted molar refractivity (Wildman–Crippen MR) is 40.1 cm³/mol. The molecule has 11 heavy (non-hydrogen) atoms. The van der Waals surface area contributed by atoms with Gasteiger partial charge in [-0.1, -0.05) is 18.2 Å². The summed E-state index contributed by atoms with van der Waals surface area (Å²) < 4.78 is 11.7. The summed E-state index contributed by atoms with van der Waals surface area (Å²) in [6.07, 6.45) is 2.37. The normalized spacial score (nSPS) is 12.0. The van der Waals surface area contributed by atoms with Gasteiger partial charge in [0.2, 0.25) is 0 Å². The number of halogens is 1. The SMILES string of the molecule is C=C(C)/C=C\C(=C\F)[N+](=O)[O-]. The fraction of sp³-hybridized carbons (Fsp3) is 0.143. The van der Waals surface area contributed by atoms with E-state index < -0.39 is 10.6 Å². The molecule has 0 fully saturated rings. The van der Waals surface area contributed by atoms with E-state index in [9.17, 15) is 14.5 Å². The summed E-state index contributed by atoms with van der Waals surface area (Å²) in [5, 5.41) is 9.96. The quantitative estimate of drug-likeness (QED) is 0.358. The third-order valence-corrected chi connectivity index (χ3v) is 0.861. The molecule has 0 aromatic heterocycles. The predicted octanol–water partition coefficient (Wildman–Crippen LogP) is 2.21. The van der Waals surface area contributed by atoms with Gasteiger partial charge in [-0.15, -0.1) is 0 Å². The lowest BCUT2D eigenvalue weighted by molar-refractivity contribution is -0.420. The van der Waals surface area contributed by atoms with E-state index >= 15 is 0 Å². The van der Waals surface area contributed by atoms with E-state index in [1.165, 1.54) is 6.08 Å². The number of nitrogens with zero attached hydrogens (tertiary/aromatic N) is 1.